The molecule has 1 aromatic carbocycles. The molecule has 0 spiro atoms. The number of ether oxygens (including phenoxy) is 1. The minimum atomic E-state index is -0.189. The Morgan fingerprint density at radius 3 is 2.29 bits per heavy atom. The molecule has 2 N–H and O–H groups in total. The lowest BCUT2D eigenvalue weighted by molar-refractivity contribution is 0.00856. The van der Waals surface area contributed by atoms with Crippen molar-refractivity contribution < 1.29 is 9.13 Å². The molecule has 0 saturated carbocycles. The minimum absolute atomic E-state index is 0.0658. The molecule has 118 valence electrons. The summed E-state index contributed by atoms with van der Waals surface area (Å²) in [4.78, 5) is 4.73. The molecule has 5 heteroatoms. The van der Waals surface area contributed by atoms with E-state index in [1.54, 1.807) is 7.11 Å². The first kappa shape index (κ1) is 16.2. The maximum absolute atomic E-state index is 13.0. The standard InChI is InChI=1S/C16H26FN3O/c1-3-16(12-18,13-21-2)20-10-8-19(9-11-20)15-6-4-14(17)5-7-15/h4-7H,3,8-13,18H2,1-2H3. The highest BCUT2D eigenvalue weighted by molar-refractivity contribution is 5.46. The number of benzene rings is 1. The zero-order valence-corrected chi connectivity index (χ0v) is 13.0. The fraction of sp³-hybridized carbons (Fsp3) is 0.625. The molecule has 0 aliphatic carbocycles. The van der Waals surface area contributed by atoms with E-state index in [0.717, 1.165) is 38.3 Å². The fourth-order valence-electron chi connectivity index (χ4n) is 3.11. The van der Waals surface area contributed by atoms with Crippen molar-refractivity contribution in [3.63, 3.8) is 0 Å². The Hall–Kier alpha value is -1.17. The molecule has 1 saturated heterocycles. The van der Waals surface area contributed by atoms with E-state index >= 15 is 0 Å². The topological polar surface area (TPSA) is 41.7 Å². The van der Waals surface area contributed by atoms with Gasteiger partial charge in [0.2, 0.25) is 0 Å². The molecule has 1 unspecified atom stereocenters. The van der Waals surface area contributed by atoms with Crippen LogP contribution in [0, 0.1) is 5.82 Å². The van der Waals surface area contributed by atoms with Gasteiger partial charge in [-0.1, -0.05) is 6.92 Å². The second-order valence-corrected chi connectivity index (χ2v) is 5.67. The van der Waals surface area contributed by atoms with Gasteiger partial charge in [-0.05, 0) is 30.7 Å². The van der Waals surface area contributed by atoms with Crippen molar-refractivity contribution in [2.24, 2.45) is 5.73 Å². The lowest BCUT2D eigenvalue weighted by Crippen LogP contribution is -2.62. The monoisotopic (exact) mass is 295 g/mol. The predicted molar refractivity (Wildman–Crippen MR) is 84.1 cm³/mol. The summed E-state index contributed by atoms with van der Waals surface area (Å²) in [6.45, 7) is 7.19. The van der Waals surface area contributed by atoms with Crippen molar-refractivity contribution in [2.45, 2.75) is 18.9 Å². The number of halogens is 1. The first-order chi connectivity index (χ1) is 10.1. The van der Waals surface area contributed by atoms with Crippen LogP contribution in [0.25, 0.3) is 0 Å². The van der Waals surface area contributed by atoms with Gasteiger partial charge in [-0.3, -0.25) is 4.90 Å². The lowest BCUT2D eigenvalue weighted by atomic mass is 9.93. The van der Waals surface area contributed by atoms with E-state index < -0.39 is 0 Å². The molecule has 1 fully saturated rings. The number of nitrogens with two attached hydrogens (primary N) is 1. The molecule has 1 aliphatic rings. The third-order valence-electron chi connectivity index (χ3n) is 4.59. The van der Waals surface area contributed by atoms with Crippen molar-refractivity contribution in [3.05, 3.63) is 30.1 Å². The number of rotatable bonds is 6. The number of nitrogens with zero attached hydrogens (tertiary/aromatic N) is 2. The molecule has 2 rings (SSSR count). The molecular weight excluding hydrogens is 269 g/mol. The third-order valence-corrected chi connectivity index (χ3v) is 4.59. The Morgan fingerprint density at radius 1 is 1.19 bits per heavy atom. The van der Waals surface area contributed by atoms with Crippen molar-refractivity contribution in [1.82, 2.24) is 4.90 Å². The van der Waals surface area contributed by atoms with Gasteiger partial charge in [-0.2, -0.15) is 0 Å². The van der Waals surface area contributed by atoms with Crippen LogP contribution in [-0.4, -0.2) is 56.9 Å². The summed E-state index contributed by atoms with van der Waals surface area (Å²) in [6, 6.07) is 6.72. The number of anilines is 1. The Morgan fingerprint density at radius 2 is 1.81 bits per heavy atom. The van der Waals surface area contributed by atoms with E-state index in [4.69, 9.17) is 10.5 Å². The van der Waals surface area contributed by atoms with Crippen LogP contribution in [0.2, 0.25) is 0 Å². The molecule has 1 aromatic rings. The maximum atomic E-state index is 13.0. The van der Waals surface area contributed by atoms with Crippen molar-refractivity contribution in [1.29, 1.82) is 0 Å². The summed E-state index contributed by atoms with van der Waals surface area (Å²) >= 11 is 0. The van der Waals surface area contributed by atoms with Gasteiger partial charge in [-0.15, -0.1) is 0 Å². The van der Waals surface area contributed by atoms with Crippen LogP contribution in [0.1, 0.15) is 13.3 Å². The summed E-state index contributed by atoms with van der Waals surface area (Å²) in [5, 5.41) is 0. The largest absolute Gasteiger partial charge is 0.383 e. The molecule has 1 heterocycles. The molecule has 1 aliphatic heterocycles. The van der Waals surface area contributed by atoms with Gasteiger partial charge >= 0.3 is 0 Å². The fourth-order valence-corrected chi connectivity index (χ4v) is 3.11. The van der Waals surface area contributed by atoms with Gasteiger partial charge in [-0.25, -0.2) is 4.39 Å². The number of hydrogen-bond acceptors (Lipinski definition) is 4. The second kappa shape index (κ2) is 7.20. The third kappa shape index (κ3) is 3.54. The summed E-state index contributed by atoms with van der Waals surface area (Å²) in [6.07, 6.45) is 0.980. The smallest absolute Gasteiger partial charge is 0.123 e. The average Bonchev–Trinajstić information content (AvgIpc) is 2.54. The van der Waals surface area contributed by atoms with Crippen LogP contribution in [0.4, 0.5) is 10.1 Å². The van der Waals surface area contributed by atoms with Crippen LogP contribution < -0.4 is 10.6 Å². The number of hydrogen-bond donors (Lipinski definition) is 1. The Balaban J connectivity index is 2.00. The van der Waals surface area contributed by atoms with E-state index in [1.807, 2.05) is 12.1 Å². The maximum Gasteiger partial charge on any atom is 0.123 e. The molecule has 0 amide bonds. The summed E-state index contributed by atoms with van der Waals surface area (Å²) in [5.74, 6) is -0.189. The van der Waals surface area contributed by atoms with Crippen molar-refractivity contribution >= 4 is 5.69 Å². The van der Waals surface area contributed by atoms with Crippen LogP contribution in [0.15, 0.2) is 24.3 Å². The van der Waals surface area contributed by atoms with Crippen molar-refractivity contribution in [3.8, 4) is 0 Å². The Labute approximate surface area is 126 Å². The Kier molecular flexibility index (Phi) is 5.56. The Bertz CT molecular complexity index is 426. The van der Waals surface area contributed by atoms with E-state index in [0.29, 0.717) is 13.2 Å². The normalized spacial score (nSPS) is 19.5. The highest BCUT2D eigenvalue weighted by Crippen LogP contribution is 2.24. The van der Waals surface area contributed by atoms with E-state index in [2.05, 4.69) is 16.7 Å². The second-order valence-electron chi connectivity index (χ2n) is 5.67. The highest BCUT2D eigenvalue weighted by Gasteiger charge is 2.35. The first-order valence-electron chi connectivity index (χ1n) is 7.60. The number of methoxy groups -OCH3 is 1. The van der Waals surface area contributed by atoms with Crippen molar-refractivity contribution in [2.75, 3.05) is 51.3 Å². The highest BCUT2D eigenvalue weighted by atomic mass is 19.1. The molecule has 21 heavy (non-hydrogen) atoms. The van der Waals surface area contributed by atoms with Crippen LogP contribution in [0.5, 0.6) is 0 Å². The zero-order valence-electron chi connectivity index (χ0n) is 13.0. The molecule has 0 aromatic heterocycles. The van der Waals surface area contributed by atoms with Crippen LogP contribution in [-0.2, 0) is 4.74 Å². The predicted octanol–water partition coefficient (Wildman–Crippen LogP) is 1.70. The van der Waals surface area contributed by atoms with Crippen LogP contribution >= 0.6 is 0 Å². The molecule has 4 nitrogen and oxygen atoms in total. The quantitative estimate of drug-likeness (QED) is 0.867. The van der Waals surface area contributed by atoms with Gasteiger partial charge in [0, 0.05) is 45.5 Å². The van der Waals surface area contributed by atoms with E-state index in [9.17, 15) is 4.39 Å². The summed E-state index contributed by atoms with van der Waals surface area (Å²) in [5.41, 5.74) is 7.04. The minimum Gasteiger partial charge on any atom is -0.383 e. The number of piperazine rings is 1. The van der Waals surface area contributed by atoms with Gasteiger partial charge in [0.1, 0.15) is 5.82 Å². The van der Waals surface area contributed by atoms with Crippen LogP contribution in [0.3, 0.4) is 0 Å². The van der Waals surface area contributed by atoms with Gasteiger partial charge in [0.05, 0.1) is 12.1 Å². The SMILES string of the molecule is CCC(CN)(COC)N1CCN(c2ccc(F)cc2)CC1. The van der Waals surface area contributed by atoms with Gasteiger partial charge in [0.15, 0.2) is 0 Å². The molecule has 0 bridgehead atoms. The first-order valence-corrected chi connectivity index (χ1v) is 7.60. The zero-order chi connectivity index (χ0) is 15.3. The molecule has 1 atom stereocenters. The van der Waals surface area contributed by atoms with E-state index in [1.165, 1.54) is 12.1 Å². The van der Waals surface area contributed by atoms with Gasteiger partial charge < -0.3 is 15.4 Å². The molecule has 0 radical (unpaired) electrons. The lowest BCUT2D eigenvalue weighted by Gasteiger charge is -2.47. The molecular formula is C16H26FN3O. The summed E-state index contributed by atoms with van der Waals surface area (Å²) in [7, 11) is 1.73. The van der Waals surface area contributed by atoms with E-state index in [-0.39, 0.29) is 11.4 Å². The average molecular weight is 295 g/mol. The summed E-state index contributed by atoms with van der Waals surface area (Å²) < 4.78 is 18.4. The van der Waals surface area contributed by atoms with Gasteiger partial charge in [0.25, 0.3) is 0 Å².